The minimum atomic E-state index is -0.449. The van der Waals surface area contributed by atoms with Gasteiger partial charge >= 0.3 is 5.97 Å². The summed E-state index contributed by atoms with van der Waals surface area (Å²) in [5.41, 5.74) is 5.82. The second kappa shape index (κ2) is 5.83. The number of ether oxygens (including phenoxy) is 1. The number of hydrogen-bond donors (Lipinski definition) is 1. The first-order chi connectivity index (χ1) is 8.20. The molecule has 0 heterocycles. The number of hydrogen-bond acceptors (Lipinski definition) is 4. The highest BCUT2D eigenvalue weighted by atomic mass is 16.5. The van der Waals surface area contributed by atoms with Crippen LogP contribution in [0.5, 0.6) is 0 Å². The van der Waals surface area contributed by atoms with E-state index >= 15 is 0 Å². The third-order valence-corrected chi connectivity index (χ3v) is 3.57. The first kappa shape index (κ1) is 12.8. The van der Waals surface area contributed by atoms with Crippen molar-refractivity contribution in [1.29, 1.82) is 0 Å². The lowest BCUT2D eigenvalue weighted by Crippen LogP contribution is -2.38. The molecule has 2 N–H and O–H groups in total. The van der Waals surface area contributed by atoms with Crippen molar-refractivity contribution < 1.29 is 9.53 Å². The maximum Gasteiger partial charge on any atom is 0.322 e. The lowest BCUT2D eigenvalue weighted by molar-refractivity contribution is -0.144. The van der Waals surface area contributed by atoms with Gasteiger partial charge in [0.1, 0.15) is 6.04 Å². The number of nitrogens with two attached hydrogens (primary N) is 1. The number of nitrogens with zero attached hydrogens (tertiary/aromatic N) is 1. The van der Waals surface area contributed by atoms with E-state index in [0.717, 1.165) is 24.9 Å². The molecule has 2 fully saturated rings. The van der Waals surface area contributed by atoms with E-state index in [1.807, 2.05) is 6.92 Å². The molecule has 1 unspecified atom stereocenters. The summed E-state index contributed by atoms with van der Waals surface area (Å²) in [6, 6.07) is 0.320. The second-order valence-corrected chi connectivity index (χ2v) is 5.32. The van der Waals surface area contributed by atoms with Gasteiger partial charge in [-0.25, -0.2) is 0 Å². The van der Waals surface area contributed by atoms with Gasteiger partial charge < -0.3 is 15.4 Å². The topological polar surface area (TPSA) is 55.6 Å². The third kappa shape index (κ3) is 4.28. The smallest absolute Gasteiger partial charge is 0.322 e. The Hall–Kier alpha value is -0.610. The Labute approximate surface area is 103 Å². The van der Waals surface area contributed by atoms with Gasteiger partial charge in [-0.05, 0) is 44.9 Å². The summed E-state index contributed by atoms with van der Waals surface area (Å²) in [6.07, 6.45) is 6.13. The Kier molecular flexibility index (Phi) is 4.40. The summed E-state index contributed by atoms with van der Waals surface area (Å²) in [7, 11) is 0. The molecule has 0 aromatic rings. The molecule has 17 heavy (non-hydrogen) atoms. The molecule has 2 saturated carbocycles. The molecule has 0 aliphatic heterocycles. The Morgan fingerprint density at radius 2 is 2.12 bits per heavy atom. The van der Waals surface area contributed by atoms with E-state index in [2.05, 4.69) is 4.90 Å². The maximum absolute atomic E-state index is 11.4. The molecule has 2 aliphatic rings. The zero-order valence-corrected chi connectivity index (χ0v) is 10.7. The Morgan fingerprint density at radius 3 is 2.65 bits per heavy atom. The van der Waals surface area contributed by atoms with Crippen LogP contribution in [0.4, 0.5) is 0 Å². The molecule has 1 atom stereocenters. The van der Waals surface area contributed by atoms with E-state index in [9.17, 15) is 4.79 Å². The third-order valence-electron chi connectivity index (χ3n) is 3.57. The molecule has 4 nitrogen and oxygen atoms in total. The molecule has 2 rings (SSSR count). The minimum Gasteiger partial charge on any atom is -0.465 e. The van der Waals surface area contributed by atoms with Crippen molar-refractivity contribution in [1.82, 2.24) is 4.90 Å². The van der Waals surface area contributed by atoms with Gasteiger partial charge in [-0.1, -0.05) is 0 Å². The summed E-state index contributed by atoms with van der Waals surface area (Å²) < 4.78 is 4.92. The van der Waals surface area contributed by atoms with Crippen LogP contribution in [0.2, 0.25) is 0 Å². The monoisotopic (exact) mass is 240 g/mol. The highest BCUT2D eigenvalue weighted by Crippen LogP contribution is 2.34. The van der Waals surface area contributed by atoms with Gasteiger partial charge in [0.2, 0.25) is 0 Å². The molecule has 98 valence electrons. The standard InChI is InChI=1S/C13H24N2O2/c1-2-17-13(16)12(14)7-8-15(11-5-6-11)9-10-3-4-10/h10-12H,2-9,14H2,1H3. The maximum atomic E-state index is 11.4. The molecular weight excluding hydrogens is 216 g/mol. The molecule has 2 aliphatic carbocycles. The highest BCUT2D eigenvalue weighted by molar-refractivity contribution is 5.75. The van der Waals surface area contributed by atoms with Crippen molar-refractivity contribution in [2.75, 3.05) is 19.7 Å². The zero-order chi connectivity index (χ0) is 12.3. The van der Waals surface area contributed by atoms with Gasteiger partial charge in [-0.2, -0.15) is 0 Å². The first-order valence-electron chi connectivity index (χ1n) is 6.87. The summed E-state index contributed by atoms with van der Waals surface area (Å²) >= 11 is 0. The number of carbonyl (C=O) groups excluding carboxylic acids is 1. The fraction of sp³-hybridized carbons (Fsp3) is 0.923. The van der Waals surface area contributed by atoms with E-state index in [1.54, 1.807) is 0 Å². The minimum absolute atomic E-state index is 0.255. The van der Waals surface area contributed by atoms with Gasteiger partial charge in [-0.15, -0.1) is 0 Å². The van der Waals surface area contributed by atoms with Crippen LogP contribution in [-0.4, -0.2) is 42.6 Å². The SMILES string of the molecule is CCOC(=O)C(N)CCN(CC1CC1)C1CC1. The van der Waals surface area contributed by atoms with E-state index in [1.165, 1.54) is 32.2 Å². The van der Waals surface area contributed by atoms with Gasteiger partial charge in [0.25, 0.3) is 0 Å². The van der Waals surface area contributed by atoms with Crippen LogP contribution >= 0.6 is 0 Å². The summed E-state index contributed by atoms with van der Waals surface area (Å²) in [5, 5.41) is 0. The Bertz CT molecular complexity index is 262. The van der Waals surface area contributed by atoms with Crippen molar-refractivity contribution in [3.05, 3.63) is 0 Å². The molecule has 0 aromatic heterocycles. The molecule has 0 aromatic carbocycles. The van der Waals surface area contributed by atoms with E-state index < -0.39 is 6.04 Å². The Morgan fingerprint density at radius 1 is 1.41 bits per heavy atom. The average Bonchev–Trinajstić information content (AvgIpc) is 3.15. The van der Waals surface area contributed by atoms with Gasteiger partial charge in [0, 0.05) is 19.1 Å². The van der Waals surface area contributed by atoms with Crippen LogP contribution in [0.15, 0.2) is 0 Å². The van der Waals surface area contributed by atoms with Crippen molar-refractivity contribution in [2.24, 2.45) is 11.7 Å². The second-order valence-electron chi connectivity index (χ2n) is 5.32. The zero-order valence-electron chi connectivity index (χ0n) is 10.7. The fourth-order valence-corrected chi connectivity index (χ4v) is 2.17. The lowest BCUT2D eigenvalue weighted by Gasteiger charge is -2.23. The lowest BCUT2D eigenvalue weighted by atomic mass is 10.2. The van der Waals surface area contributed by atoms with Crippen LogP contribution in [0, 0.1) is 5.92 Å². The molecule has 0 amide bonds. The molecule has 0 saturated heterocycles. The molecule has 0 spiro atoms. The molecule has 0 bridgehead atoms. The van der Waals surface area contributed by atoms with Crippen LogP contribution in [0.25, 0.3) is 0 Å². The largest absolute Gasteiger partial charge is 0.465 e. The van der Waals surface area contributed by atoms with Gasteiger partial charge in [-0.3, -0.25) is 4.79 Å². The van der Waals surface area contributed by atoms with Crippen LogP contribution < -0.4 is 5.73 Å². The first-order valence-corrected chi connectivity index (χ1v) is 6.87. The normalized spacial score (nSPS) is 21.6. The molecular formula is C13H24N2O2. The number of rotatable bonds is 8. The van der Waals surface area contributed by atoms with Crippen LogP contribution in [-0.2, 0) is 9.53 Å². The number of carbonyl (C=O) groups is 1. The predicted molar refractivity (Wildman–Crippen MR) is 66.5 cm³/mol. The van der Waals surface area contributed by atoms with Crippen LogP contribution in [0.1, 0.15) is 39.0 Å². The van der Waals surface area contributed by atoms with Crippen molar-refractivity contribution in [3.63, 3.8) is 0 Å². The van der Waals surface area contributed by atoms with E-state index in [-0.39, 0.29) is 5.97 Å². The van der Waals surface area contributed by atoms with Crippen molar-refractivity contribution in [3.8, 4) is 0 Å². The van der Waals surface area contributed by atoms with Crippen molar-refractivity contribution >= 4 is 5.97 Å². The highest BCUT2D eigenvalue weighted by Gasteiger charge is 2.33. The average molecular weight is 240 g/mol. The Balaban J connectivity index is 1.68. The van der Waals surface area contributed by atoms with Crippen molar-refractivity contribution in [2.45, 2.75) is 51.1 Å². The molecule has 0 radical (unpaired) electrons. The summed E-state index contributed by atoms with van der Waals surface area (Å²) in [6.45, 7) is 4.39. The summed E-state index contributed by atoms with van der Waals surface area (Å²) in [4.78, 5) is 13.9. The van der Waals surface area contributed by atoms with E-state index in [0.29, 0.717) is 6.61 Å². The van der Waals surface area contributed by atoms with Crippen LogP contribution in [0.3, 0.4) is 0 Å². The van der Waals surface area contributed by atoms with E-state index in [4.69, 9.17) is 10.5 Å². The fourth-order valence-electron chi connectivity index (χ4n) is 2.17. The quantitative estimate of drug-likeness (QED) is 0.646. The predicted octanol–water partition coefficient (Wildman–Crippen LogP) is 1.14. The molecule has 4 heteroatoms. The summed E-state index contributed by atoms with van der Waals surface area (Å²) in [5.74, 6) is 0.657. The number of esters is 1. The van der Waals surface area contributed by atoms with Gasteiger partial charge in [0.15, 0.2) is 0 Å². The van der Waals surface area contributed by atoms with Gasteiger partial charge in [0.05, 0.1) is 6.61 Å².